The zero-order valence-electron chi connectivity index (χ0n) is 17.3. The molecular formula is C22H22ClN3O4S2. The van der Waals surface area contributed by atoms with Gasteiger partial charge < -0.3 is 19.8 Å². The Morgan fingerprint density at radius 2 is 2.16 bits per heavy atom. The summed E-state index contributed by atoms with van der Waals surface area (Å²) in [5.41, 5.74) is 2.09. The van der Waals surface area contributed by atoms with Gasteiger partial charge in [0.2, 0.25) is 5.91 Å². The van der Waals surface area contributed by atoms with Crippen LogP contribution in [0.5, 0.6) is 11.5 Å². The molecule has 7 nitrogen and oxygen atoms in total. The van der Waals surface area contributed by atoms with E-state index in [1.807, 2.05) is 12.1 Å². The molecule has 0 atom stereocenters. The molecular weight excluding hydrogens is 470 g/mol. The maximum absolute atomic E-state index is 12.5. The second kappa shape index (κ2) is 9.33. The normalized spacial score (nSPS) is 14.5. The number of aryl methyl sites for hydroxylation is 2. The van der Waals surface area contributed by atoms with Gasteiger partial charge in [0.15, 0.2) is 11.5 Å². The highest BCUT2D eigenvalue weighted by Crippen LogP contribution is 2.38. The van der Waals surface area contributed by atoms with Gasteiger partial charge in [0, 0.05) is 11.4 Å². The predicted molar refractivity (Wildman–Crippen MR) is 128 cm³/mol. The smallest absolute Gasteiger partial charge is 0.259 e. The summed E-state index contributed by atoms with van der Waals surface area (Å²) >= 11 is 9.32. The van der Waals surface area contributed by atoms with Crippen molar-refractivity contribution < 1.29 is 14.3 Å². The fourth-order valence-electron chi connectivity index (χ4n) is 4.06. The Labute approximate surface area is 197 Å². The molecule has 5 rings (SSSR count). The van der Waals surface area contributed by atoms with Gasteiger partial charge in [0.05, 0.1) is 21.9 Å². The van der Waals surface area contributed by atoms with Crippen LogP contribution in [0.1, 0.15) is 28.2 Å². The first-order chi connectivity index (χ1) is 15.6. The molecule has 0 saturated heterocycles. The Balaban J connectivity index is 1.10. The third-order valence-electron chi connectivity index (χ3n) is 5.49. The van der Waals surface area contributed by atoms with E-state index in [1.54, 1.807) is 11.3 Å². The number of fused-ring (bicyclic) bond motifs is 4. The zero-order chi connectivity index (χ0) is 22.1. The topological polar surface area (TPSA) is 93.3 Å². The lowest BCUT2D eigenvalue weighted by Gasteiger charge is -2.20. The minimum atomic E-state index is -0.0625. The van der Waals surface area contributed by atoms with E-state index in [9.17, 15) is 9.59 Å². The van der Waals surface area contributed by atoms with Gasteiger partial charge in [-0.05, 0) is 48.9 Å². The molecule has 32 heavy (non-hydrogen) atoms. The number of aromatic nitrogens is 2. The monoisotopic (exact) mass is 491 g/mol. The standard InChI is InChI=1S/C22H22ClN3O4S2/c23-14-8-12(9-15-20(14)30-7-6-29-15)4-5-24-18(27)11-31-10-17-25-21(28)19-13-2-1-3-16(13)32-22(19)26-17/h8-9H,1-7,10-11H2,(H,24,27)(H,25,26,28). The van der Waals surface area contributed by atoms with Crippen molar-refractivity contribution in [3.8, 4) is 11.5 Å². The summed E-state index contributed by atoms with van der Waals surface area (Å²) in [6, 6.07) is 3.74. The number of hydrogen-bond acceptors (Lipinski definition) is 7. The van der Waals surface area contributed by atoms with Gasteiger partial charge in [-0.1, -0.05) is 11.6 Å². The molecule has 1 aliphatic heterocycles. The number of halogens is 1. The highest BCUT2D eigenvalue weighted by atomic mass is 35.5. The molecule has 0 bridgehead atoms. The minimum absolute atomic E-state index is 0.0582. The van der Waals surface area contributed by atoms with Crippen LogP contribution in [0.15, 0.2) is 16.9 Å². The third-order valence-corrected chi connectivity index (χ3v) is 7.90. The van der Waals surface area contributed by atoms with Crippen LogP contribution in [0.4, 0.5) is 0 Å². The lowest BCUT2D eigenvalue weighted by Crippen LogP contribution is -2.27. The quantitative estimate of drug-likeness (QED) is 0.525. The van der Waals surface area contributed by atoms with Gasteiger partial charge in [-0.25, -0.2) is 4.98 Å². The van der Waals surface area contributed by atoms with Crippen molar-refractivity contribution in [2.24, 2.45) is 0 Å². The van der Waals surface area contributed by atoms with Crippen LogP contribution in [0.2, 0.25) is 5.02 Å². The van der Waals surface area contributed by atoms with Gasteiger partial charge >= 0.3 is 0 Å². The summed E-state index contributed by atoms with van der Waals surface area (Å²) in [5.74, 6) is 2.57. The van der Waals surface area contributed by atoms with Crippen molar-refractivity contribution in [1.82, 2.24) is 15.3 Å². The molecule has 2 aliphatic rings. The first-order valence-electron chi connectivity index (χ1n) is 10.5. The van der Waals surface area contributed by atoms with Crippen molar-refractivity contribution in [3.63, 3.8) is 0 Å². The van der Waals surface area contributed by atoms with E-state index in [2.05, 4.69) is 15.3 Å². The first kappa shape index (κ1) is 21.6. The lowest BCUT2D eigenvalue weighted by atomic mass is 10.1. The molecule has 1 aliphatic carbocycles. The van der Waals surface area contributed by atoms with Crippen LogP contribution in [-0.2, 0) is 29.8 Å². The number of thioether (sulfide) groups is 1. The average molecular weight is 492 g/mol. The second-order valence-corrected chi connectivity index (χ2v) is 10.2. The number of benzene rings is 1. The number of carbonyl (C=O) groups excluding carboxylic acids is 1. The summed E-state index contributed by atoms with van der Waals surface area (Å²) < 4.78 is 11.1. The minimum Gasteiger partial charge on any atom is -0.486 e. The molecule has 0 spiro atoms. The zero-order valence-corrected chi connectivity index (χ0v) is 19.7. The van der Waals surface area contributed by atoms with E-state index in [0.29, 0.717) is 60.0 Å². The number of amides is 1. The van der Waals surface area contributed by atoms with Crippen molar-refractivity contribution in [2.45, 2.75) is 31.4 Å². The summed E-state index contributed by atoms with van der Waals surface area (Å²) in [7, 11) is 0. The molecule has 3 aromatic rings. The largest absolute Gasteiger partial charge is 0.486 e. The van der Waals surface area contributed by atoms with E-state index in [-0.39, 0.29) is 11.5 Å². The molecule has 0 radical (unpaired) electrons. The molecule has 1 amide bonds. The number of aromatic amines is 1. The molecule has 0 unspecified atom stereocenters. The van der Waals surface area contributed by atoms with Crippen LogP contribution in [0.3, 0.4) is 0 Å². The summed E-state index contributed by atoms with van der Waals surface area (Å²) in [5, 5.41) is 4.20. The number of hydrogen-bond donors (Lipinski definition) is 2. The first-order valence-corrected chi connectivity index (χ1v) is 12.9. The highest BCUT2D eigenvalue weighted by molar-refractivity contribution is 7.99. The Morgan fingerprint density at radius 1 is 1.28 bits per heavy atom. The van der Waals surface area contributed by atoms with Crippen LogP contribution >= 0.6 is 34.7 Å². The Hall–Kier alpha value is -2.23. The number of carbonyl (C=O) groups is 1. The maximum atomic E-state index is 12.5. The molecule has 168 valence electrons. The molecule has 0 saturated carbocycles. The molecule has 2 N–H and O–H groups in total. The number of nitrogens with zero attached hydrogens (tertiary/aromatic N) is 1. The van der Waals surface area contributed by atoms with Gasteiger partial charge in [-0.2, -0.15) is 0 Å². The van der Waals surface area contributed by atoms with Crippen molar-refractivity contribution in [3.05, 3.63) is 49.3 Å². The van der Waals surface area contributed by atoms with E-state index in [0.717, 1.165) is 35.0 Å². The molecule has 3 heterocycles. The number of nitrogens with one attached hydrogen (secondary N) is 2. The molecule has 0 fully saturated rings. The molecule has 10 heteroatoms. The Kier molecular flexibility index (Phi) is 6.30. The Morgan fingerprint density at radius 3 is 3.06 bits per heavy atom. The van der Waals surface area contributed by atoms with Gasteiger partial charge in [0.1, 0.15) is 23.9 Å². The van der Waals surface area contributed by atoms with E-state index in [4.69, 9.17) is 21.1 Å². The summed E-state index contributed by atoms with van der Waals surface area (Å²) in [6.45, 7) is 1.49. The maximum Gasteiger partial charge on any atom is 0.259 e. The second-order valence-electron chi connectivity index (χ2n) is 7.74. The number of H-pyrrole nitrogens is 1. The van der Waals surface area contributed by atoms with Gasteiger partial charge in [-0.15, -0.1) is 23.1 Å². The molecule has 1 aromatic carbocycles. The third kappa shape index (κ3) is 4.46. The van der Waals surface area contributed by atoms with Crippen LogP contribution in [0.25, 0.3) is 10.2 Å². The fourth-order valence-corrected chi connectivity index (χ4v) is 6.35. The highest BCUT2D eigenvalue weighted by Gasteiger charge is 2.21. The van der Waals surface area contributed by atoms with Gasteiger partial charge in [0.25, 0.3) is 5.56 Å². The Bertz CT molecular complexity index is 1240. The van der Waals surface area contributed by atoms with Crippen molar-refractivity contribution >= 4 is 50.8 Å². The SMILES string of the molecule is O=C(CSCc1nc2sc3c(c2c(=O)[nH]1)CCC3)NCCc1cc(Cl)c2c(c1)OCCO2. The number of rotatable bonds is 7. The fraction of sp³-hybridized carbons (Fsp3) is 0.409. The average Bonchev–Trinajstić information content (AvgIpc) is 3.35. The van der Waals surface area contributed by atoms with E-state index >= 15 is 0 Å². The number of thiophene rings is 1. The number of ether oxygens (including phenoxy) is 2. The van der Waals surface area contributed by atoms with Crippen molar-refractivity contribution in [2.75, 3.05) is 25.5 Å². The summed E-state index contributed by atoms with van der Waals surface area (Å²) in [4.78, 5) is 34.3. The van der Waals surface area contributed by atoms with Gasteiger partial charge in [-0.3, -0.25) is 9.59 Å². The van der Waals surface area contributed by atoms with Crippen LogP contribution in [-0.4, -0.2) is 41.4 Å². The van der Waals surface area contributed by atoms with E-state index in [1.165, 1.54) is 22.2 Å². The predicted octanol–water partition coefficient (Wildman–Crippen LogP) is 3.49. The molecule has 2 aromatic heterocycles. The summed E-state index contributed by atoms with van der Waals surface area (Å²) in [6.07, 6.45) is 3.76. The lowest BCUT2D eigenvalue weighted by molar-refractivity contribution is -0.118. The van der Waals surface area contributed by atoms with Crippen LogP contribution < -0.4 is 20.3 Å². The van der Waals surface area contributed by atoms with Crippen molar-refractivity contribution in [1.29, 1.82) is 0 Å². The van der Waals surface area contributed by atoms with Crippen LogP contribution in [0, 0.1) is 0 Å². The van der Waals surface area contributed by atoms with E-state index < -0.39 is 0 Å².